The summed E-state index contributed by atoms with van der Waals surface area (Å²) in [6.07, 6.45) is 0. The van der Waals surface area contributed by atoms with Gasteiger partial charge >= 0.3 is 0 Å². The lowest BCUT2D eigenvalue weighted by atomic mass is 9.97. The molecule has 4 aromatic rings. The lowest BCUT2D eigenvalue weighted by Crippen LogP contribution is -2.40. The molecule has 208 valence electrons. The summed E-state index contributed by atoms with van der Waals surface area (Å²) < 4.78 is 30.8. The second-order valence-electron chi connectivity index (χ2n) is 10.1. The van der Waals surface area contributed by atoms with Crippen LogP contribution in [0.3, 0.4) is 0 Å². The van der Waals surface area contributed by atoms with Crippen LogP contribution in [0.5, 0.6) is 11.5 Å². The summed E-state index contributed by atoms with van der Waals surface area (Å²) in [5, 5.41) is 6.02. The molecule has 0 unspecified atom stereocenters. The molecule has 0 radical (unpaired) electrons. The molecule has 1 aromatic heterocycles. The Kier molecular flexibility index (Phi) is 7.81. The second-order valence-corrected chi connectivity index (χ2v) is 10.1. The highest BCUT2D eigenvalue weighted by molar-refractivity contribution is 6.12. The first-order valence-corrected chi connectivity index (χ1v) is 12.4. The molecule has 0 atom stereocenters. The fourth-order valence-corrected chi connectivity index (χ4v) is 4.23. The van der Waals surface area contributed by atoms with E-state index >= 15 is 0 Å². The Morgan fingerprint density at radius 2 is 1.62 bits per heavy atom. The third-order valence-corrected chi connectivity index (χ3v) is 5.96. The van der Waals surface area contributed by atoms with Crippen LogP contribution in [-0.2, 0) is 4.79 Å². The summed E-state index contributed by atoms with van der Waals surface area (Å²) in [4.78, 5) is 37.7. The average Bonchev–Trinajstić information content (AvgIpc) is 3.29. The van der Waals surface area contributed by atoms with Crippen LogP contribution in [0.2, 0.25) is 0 Å². The summed E-state index contributed by atoms with van der Waals surface area (Å²) in [5.41, 5.74) is 7.26. The van der Waals surface area contributed by atoms with Crippen LogP contribution in [0.4, 0.5) is 4.39 Å². The number of hydrogen-bond acceptors (Lipinski definition) is 6. The first kappa shape index (κ1) is 28.2. The number of carbonyl (C=O) groups is 3. The second kappa shape index (κ2) is 11.1. The van der Waals surface area contributed by atoms with Gasteiger partial charge < -0.3 is 30.3 Å². The Morgan fingerprint density at radius 1 is 0.950 bits per heavy atom. The number of halogens is 1. The molecule has 0 fully saturated rings. The van der Waals surface area contributed by atoms with Gasteiger partial charge in [-0.25, -0.2) is 4.39 Å². The van der Waals surface area contributed by atoms with E-state index in [4.69, 9.17) is 19.6 Å². The third-order valence-electron chi connectivity index (χ3n) is 5.96. The zero-order chi connectivity index (χ0) is 29.2. The normalized spacial score (nSPS) is 11.2. The largest absolute Gasteiger partial charge is 0.496 e. The Hall–Kier alpha value is -4.86. The maximum Gasteiger partial charge on any atom is 0.255 e. The van der Waals surface area contributed by atoms with Crippen LogP contribution in [0.15, 0.2) is 59.0 Å². The summed E-state index contributed by atoms with van der Waals surface area (Å²) in [6, 6.07) is 13.9. The Labute approximate surface area is 230 Å². The van der Waals surface area contributed by atoms with Crippen molar-refractivity contribution < 1.29 is 32.7 Å². The van der Waals surface area contributed by atoms with E-state index in [1.807, 2.05) is 20.8 Å². The lowest BCUT2D eigenvalue weighted by molar-refractivity contribution is -0.119. The van der Waals surface area contributed by atoms with Gasteiger partial charge in [-0.1, -0.05) is 6.07 Å². The van der Waals surface area contributed by atoms with E-state index in [9.17, 15) is 18.8 Å². The molecule has 1 heterocycles. The van der Waals surface area contributed by atoms with Gasteiger partial charge in [0.15, 0.2) is 6.61 Å². The van der Waals surface area contributed by atoms with E-state index in [1.54, 1.807) is 24.3 Å². The molecule has 40 heavy (non-hydrogen) atoms. The van der Waals surface area contributed by atoms with Gasteiger partial charge in [0.05, 0.1) is 18.2 Å². The molecule has 0 aliphatic carbocycles. The molecule has 4 N–H and O–H groups in total. The predicted molar refractivity (Wildman–Crippen MR) is 149 cm³/mol. The molecule has 0 saturated carbocycles. The van der Waals surface area contributed by atoms with E-state index in [0.717, 1.165) is 0 Å². The molecule has 0 aliphatic rings. The molecule has 0 saturated heterocycles. The van der Waals surface area contributed by atoms with Crippen LogP contribution in [0.25, 0.3) is 33.4 Å². The van der Waals surface area contributed by atoms with Crippen molar-refractivity contribution in [1.29, 1.82) is 0 Å². The maximum atomic E-state index is 13.6. The Morgan fingerprint density at radius 3 is 2.23 bits per heavy atom. The van der Waals surface area contributed by atoms with Gasteiger partial charge in [0, 0.05) is 35.2 Å². The predicted octanol–water partition coefficient (Wildman–Crippen LogP) is 4.67. The Balaban J connectivity index is 1.94. The van der Waals surface area contributed by atoms with Crippen molar-refractivity contribution in [2.75, 3.05) is 20.8 Å². The quantitative estimate of drug-likeness (QED) is 0.294. The zero-order valence-electron chi connectivity index (χ0n) is 22.8. The van der Waals surface area contributed by atoms with Crippen LogP contribution in [-0.4, -0.2) is 44.0 Å². The minimum absolute atomic E-state index is 0.235. The number of fused-ring (bicyclic) bond motifs is 1. The summed E-state index contributed by atoms with van der Waals surface area (Å²) in [5.74, 6) is -1.13. The van der Waals surface area contributed by atoms with Crippen molar-refractivity contribution >= 4 is 28.7 Å². The van der Waals surface area contributed by atoms with Crippen molar-refractivity contribution in [1.82, 2.24) is 10.6 Å². The molecule has 10 heteroatoms. The van der Waals surface area contributed by atoms with Gasteiger partial charge in [0.25, 0.3) is 17.7 Å². The van der Waals surface area contributed by atoms with Gasteiger partial charge in [0.1, 0.15) is 28.7 Å². The topological polar surface area (TPSA) is 133 Å². The molecule has 0 spiro atoms. The molecule has 3 aromatic carbocycles. The number of carbonyl (C=O) groups excluding carboxylic acids is 3. The molecule has 3 amide bonds. The number of primary amides is 1. The first-order chi connectivity index (χ1) is 18.9. The van der Waals surface area contributed by atoms with Crippen LogP contribution in [0, 0.1) is 5.82 Å². The standard InChI is InChI=1S/C30H30FN3O6/c1-30(2,3)34-28(36)21-13-19(24(14-23(21)38-5)39-15-25(32)35)17-8-11-22-20(12-17)26(29(37)33-4)27(40-22)16-6-9-18(31)10-7-16/h6-14H,15H2,1-5H3,(H2,32,35)(H,33,37)(H,34,36). The molecule has 0 bridgehead atoms. The number of benzene rings is 3. The van der Waals surface area contributed by atoms with E-state index < -0.39 is 29.8 Å². The van der Waals surface area contributed by atoms with Gasteiger partial charge in [-0.15, -0.1) is 0 Å². The average molecular weight is 548 g/mol. The van der Waals surface area contributed by atoms with Crippen molar-refractivity contribution in [3.8, 4) is 33.9 Å². The molecular formula is C30H30FN3O6. The summed E-state index contributed by atoms with van der Waals surface area (Å²) in [6.45, 7) is 5.16. The summed E-state index contributed by atoms with van der Waals surface area (Å²) >= 11 is 0. The highest BCUT2D eigenvalue weighted by Gasteiger charge is 2.25. The zero-order valence-corrected chi connectivity index (χ0v) is 22.8. The molecule has 0 aliphatic heterocycles. The highest BCUT2D eigenvalue weighted by Crippen LogP contribution is 2.40. The number of rotatable bonds is 8. The number of ether oxygens (including phenoxy) is 2. The van der Waals surface area contributed by atoms with Crippen LogP contribution < -0.4 is 25.8 Å². The van der Waals surface area contributed by atoms with Gasteiger partial charge in [-0.05, 0) is 68.8 Å². The lowest BCUT2D eigenvalue weighted by Gasteiger charge is -2.22. The van der Waals surface area contributed by atoms with E-state index in [1.165, 1.54) is 44.5 Å². The van der Waals surface area contributed by atoms with Crippen LogP contribution in [0.1, 0.15) is 41.5 Å². The molecule has 4 rings (SSSR count). The molecule has 9 nitrogen and oxygen atoms in total. The maximum absolute atomic E-state index is 13.6. The van der Waals surface area contributed by atoms with Crippen molar-refractivity contribution in [3.63, 3.8) is 0 Å². The minimum Gasteiger partial charge on any atom is -0.496 e. The highest BCUT2D eigenvalue weighted by atomic mass is 19.1. The minimum atomic E-state index is -0.685. The number of hydrogen-bond donors (Lipinski definition) is 3. The fourth-order valence-electron chi connectivity index (χ4n) is 4.23. The number of methoxy groups -OCH3 is 1. The van der Waals surface area contributed by atoms with Gasteiger partial charge in [-0.3, -0.25) is 14.4 Å². The first-order valence-electron chi connectivity index (χ1n) is 12.4. The van der Waals surface area contributed by atoms with Crippen molar-refractivity contribution in [3.05, 3.63) is 71.5 Å². The summed E-state index contributed by atoms with van der Waals surface area (Å²) in [7, 11) is 2.92. The number of nitrogens with one attached hydrogen (secondary N) is 2. The van der Waals surface area contributed by atoms with Crippen molar-refractivity contribution in [2.24, 2.45) is 5.73 Å². The number of amides is 3. The van der Waals surface area contributed by atoms with Crippen LogP contribution >= 0.6 is 0 Å². The SMILES string of the molecule is CNC(=O)c1c(-c2ccc(F)cc2)oc2ccc(-c3cc(C(=O)NC(C)(C)C)c(OC)cc3OCC(N)=O)cc12. The van der Waals surface area contributed by atoms with E-state index in [-0.39, 0.29) is 34.3 Å². The monoisotopic (exact) mass is 547 g/mol. The molecular weight excluding hydrogens is 517 g/mol. The van der Waals surface area contributed by atoms with Crippen molar-refractivity contribution in [2.45, 2.75) is 26.3 Å². The van der Waals surface area contributed by atoms with E-state index in [0.29, 0.717) is 27.7 Å². The fraction of sp³-hybridized carbons (Fsp3) is 0.233. The smallest absolute Gasteiger partial charge is 0.255 e. The third kappa shape index (κ3) is 5.90. The number of furan rings is 1. The van der Waals surface area contributed by atoms with Gasteiger partial charge in [-0.2, -0.15) is 0 Å². The van der Waals surface area contributed by atoms with Gasteiger partial charge in [0.2, 0.25) is 0 Å². The Bertz CT molecular complexity index is 1600. The van der Waals surface area contributed by atoms with E-state index in [2.05, 4.69) is 10.6 Å². The number of nitrogens with two attached hydrogens (primary N) is 1.